The lowest BCUT2D eigenvalue weighted by atomic mass is 9.70. The molecule has 1 amide bonds. The van der Waals surface area contributed by atoms with Gasteiger partial charge in [-0.25, -0.2) is 0 Å². The fraction of sp³-hybridized carbons (Fsp3) is 0.941. The number of likely N-dealkylation sites (N-methyl/N-ethyl adjacent to an activating group) is 1. The van der Waals surface area contributed by atoms with Crippen LogP contribution in [0.2, 0.25) is 6.82 Å². The highest BCUT2D eigenvalue weighted by Crippen LogP contribution is 2.40. The van der Waals surface area contributed by atoms with Crippen molar-refractivity contribution in [2.24, 2.45) is 23.0 Å². The van der Waals surface area contributed by atoms with Gasteiger partial charge in [-0.3, -0.25) is 19.7 Å². The summed E-state index contributed by atoms with van der Waals surface area (Å²) in [6.45, 7) is 9.84. The number of hydrogen-bond acceptors (Lipinski definition) is 6. The third kappa shape index (κ3) is 3.75. The molecule has 5 unspecified atom stereocenters. The van der Waals surface area contributed by atoms with Gasteiger partial charge in [-0.15, -0.1) is 0 Å². The van der Waals surface area contributed by atoms with Crippen LogP contribution in [0.5, 0.6) is 0 Å². The third-order valence-electron chi connectivity index (χ3n) is 6.20. The van der Waals surface area contributed by atoms with E-state index in [1.807, 2.05) is 25.6 Å². The molecule has 2 aliphatic rings. The molecule has 2 rings (SSSR count). The Kier molecular flexibility index (Phi) is 6.04. The average molecular weight is 368 g/mol. The maximum absolute atomic E-state index is 13.0. The van der Waals surface area contributed by atoms with Gasteiger partial charge >= 0.3 is 7.05 Å². The number of nitrogens with zero attached hydrogens (tertiary/aromatic N) is 3. The lowest BCUT2D eigenvalue weighted by Gasteiger charge is -2.41. The number of amides is 1. The van der Waals surface area contributed by atoms with Crippen molar-refractivity contribution in [3.63, 3.8) is 0 Å². The van der Waals surface area contributed by atoms with Gasteiger partial charge in [0.1, 0.15) is 0 Å². The van der Waals surface area contributed by atoms with Crippen LogP contribution < -0.4 is 5.73 Å². The summed E-state index contributed by atoms with van der Waals surface area (Å²) >= 11 is 0. The second-order valence-electron chi connectivity index (χ2n) is 9.17. The number of nitro groups is 1. The Morgan fingerprint density at radius 2 is 1.96 bits per heavy atom. The Balaban J connectivity index is 2.30. The van der Waals surface area contributed by atoms with Crippen molar-refractivity contribution in [1.82, 2.24) is 9.71 Å². The number of rotatable bonds is 4. The second-order valence-corrected chi connectivity index (χ2v) is 9.17. The predicted octanol–water partition coefficient (Wildman–Crippen LogP) is 1.02. The molecule has 6 atom stereocenters. The summed E-state index contributed by atoms with van der Waals surface area (Å²) < 4.78 is 0. The van der Waals surface area contributed by atoms with Crippen molar-refractivity contribution in [1.29, 1.82) is 0 Å². The largest absolute Gasteiger partial charge is 0.437 e. The van der Waals surface area contributed by atoms with Gasteiger partial charge in [-0.05, 0) is 36.9 Å². The van der Waals surface area contributed by atoms with Crippen LogP contribution in [0.15, 0.2) is 0 Å². The minimum Gasteiger partial charge on any atom is -0.437 e. The fourth-order valence-electron chi connectivity index (χ4n) is 4.97. The lowest BCUT2D eigenvalue weighted by Crippen LogP contribution is -2.56. The van der Waals surface area contributed by atoms with Crippen LogP contribution in [0.4, 0.5) is 0 Å². The molecule has 1 saturated carbocycles. The molecule has 1 saturated heterocycles. The van der Waals surface area contributed by atoms with Gasteiger partial charge in [-0.1, -0.05) is 27.7 Å². The van der Waals surface area contributed by atoms with Crippen LogP contribution in [0.25, 0.3) is 0 Å². The van der Waals surface area contributed by atoms with Crippen molar-refractivity contribution in [3.8, 4) is 0 Å². The van der Waals surface area contributed by atoms with Gasteiger partial charge in [0.05, 0.1) is 18.2 Å². The van der Waals surface area contributed by atoms with E-state index in [-0.39, 0.29) is 34.2 Å². The molecule has 8 nitrogen and oxygen atoms in total. The fourth-order valence-corrected chi connectivity index (χ4v) is 4.97. The molecule has 0 radical (unpaired) electrons. The maximum Gasteiger partial charge on any atom is 0.378 e. The molecule has 26 heavy (non-hydrogen) atoms. The summed E-state index contributed by atoms with van der Waals surface area (Å²) in [4.78, 5) is 27.6. The summed E-state index contributed by atoms with van der Waals surface area (Å²) in [6.07, 6.45) is 1.42. The van der Waals surface area contributed by atoms with Crippen molar-refractivity contribution in [2.45, 2.75) is 78.1 Å². The first kappa shape index (κ1) is 21.1. The minimum absolute atomic E-state index is 0.0477. The van der Waals surface area contributed by atoms with Crippen LogP contribution >= 0.6 is 0 Å². The highest BCUT2D eigenvalue weighted by Gasteiger charge is 2.53. The van der Waals surface area contributed by atoms with Gasteiger partial charge in [0, 0.05) is 18.4 Å². The van der Waals surface area contributed by atoms with E-state index < -0.39 is 25.2 Å². The Labute approximate surface area is 156 Å². The van der Waals surface area contributed by atoms with E-state index in [2.05, 4.69) is 6.92 Å². The molecular weight excluding hydrogens is 335 g/mol. The lowest BCUT2D eigenvalue weighted by molar-refractivity contribution is -0.531. The summed E-state index contributed by atoms with van der Waals surface area (Å²) in [6, 6.07) is -1.84. The smallest absolute Gasteiger partial charge is 0.378 e. The first-order valence-corrected chi connectivity index (χ1v) is 9.49. The number of nitrogens with two attached hydrogens (primary N) is 1. The van der Waals surface area contributed by atoms with Crippen molar-refractivity contribution < 1.29 is 14.7 Å². The zero-order valence-electron chi connectivity index (χ0n) is 16.8. The maximum atomic E-state index is 13.0. The normalized spacial score (nSPS) is 36.5. The van der Waals surface area contributed by atoms with E-state index in [1.54, 1.807) is 18.8 Å². The summed E-state index contributed by atoms with van der Waals surface area (Å²) in [7, 11) is 0.970. The minimum atomic E-state index is -0.792. The molecule has 148 valence electrons. The number of carbonyl (C=O) groups excluding carboxylic acids is 1. The number of carbonyl (C=O) groups is 1. The van der Waals surface area contributed by atoms with Gasteiger partial charge < -0.3 is 15.7 Å². The van der Waals surface area contributed by atoms with Gasteiger partial charge in [-0.2, -0.15) is 0 Å². The standard InChI is InChI=1S/C17H33BN4O4/c1-10-7-8-12(22(25)26)14(19)11(10)9-13-15(23)20(6)16(17(2,3)4)21(13)18(5)24/h10-14,16,24H,7-9,19H2,1-6H3/t10?,11?,12?,13?,14?,16-/m0/s1. The molecule has 1 heterocycles. The zero-order valence-corrected chi connectivity index (χ0v) is 16.8. The SMILES string of the molecule is CB(O)N1C(CC2C(C)CCC([N+](=O)[O-])C2N)C(=O)N(C)[C@@H]1C(C)(C)C. The Bertz CT molecular complexity index is 553. The van der Waals surface area contributed by atoms with Gasteiger partial charge in [0.25, 0.3) is 0 Å². The van der Waals surface area contributed by atoms with E-state index in [9.17, 15) is 19.9 Å². The monoisotopic (exact) mass is 368 g/mol. The molecule has 9 heteroatoms. The first-order chi connectivity index (χ1) is 11.9. The zero-order chi connectivity index (χ0) is 20.0. The third-order valence-corrected chi connectivity index (χ3v) is 6.20. The van der Waals surface area contributed by atoms with Crippen molar-refractivity contribution >= 4 is 13.0 Å². The van der Waals surface area contributed by atoms with E-state index in [1.165, 1.54) is 0 Å². The highest BCUT2D eigenvalue weighted by atomic mass is 16.6. The topological polar surface area (TPSA) is 113 Å². The molecule has 0 spiro atoms. The van der Waals surface area contributed by atoms with Gasteiger partial charge in [0.2, 0.25) is 11.9 Å². The number of hydrogen-bond donors (Lipinski definition) is 2. The molecular formula is C17H33BN4O4. The van der Waals surface area contributed by atoms with Crippen molar-refractivity contribution in [3.05, 3.63) is 10.1 Å². The van der Waals surface area contributed by atoms with Crippen molar-refractivity contribution in [2.75, 3.05) is 7.05 Å². The molecule has 0 aromatic heterocycles. The second kappa shape index (κ2) is 7.44. The van der Waals surface area contributed by atoms with Crippen LogP contribution in [0, 0.1) is 27.4 Å². The van der Waals surface area contributed by atoms with E-state index in [0.717, 1.165) is 6.42 Å². The average Bonchev–Trinajstić information content (AvgIpc) is 2.75. The van der Waals surface area contributed by atoms with Crippen LogP contribution in [0.1, 0.15) is 47.0 Å². The van der Waals surface area contributed by atoms with Gasteiger partial charge in [0.15, 0.2) is 0 Å². The van der Waals surface area contributed by atoms with E-state index in [0.29, 0.717) is 12.8 Å². The highest BCUT2D eigenvalue weighted by molar-refractivity contribution is 6.46. The van der Waals surface area contributed by atoms with E-state index >= 15 is 0 Å². The summed E-state index contributed by atoms with van der Waals surface area (Å²) in [5.74, 6) is 0.0405. The Morgan fingerprint density at radius 3 is 2.42 bits per heavy atom. The molecule has 1 aliphatic carbocycles. The molecule has 0 bridgehead atoms. The van der Waals surface area contributed by atoms with Crippen LogP contribution in [-0.4, -0.2) is 64.0 Å². The van der Waals surface area contributed by atoms with Crippen LogP contribution in [-0.2, 0) is 4.79 Å². The predicted molar refractivity (Wildman–Crippen MR) is 101 cm³/mol. The molecule has 0 aromatic carbocycles. The Morgan fingerprint density at radius 1 is 1.38 bits per heavy atom. The molecule has 3 N–H and O–H groups in total. The van der Waals surface area contributed by atoms with Crippen LogP contribution in [0.3, 0.4) is 0 Å². The first-order valence-electron chi connectivity index (χ1n) is 9.49. The van der Waals surface area contributed by atoms with E-state index in [4.69, 9.17) is 5.73 Å². The summed E-state index contributed by atoms with van der Waals surface area (Å²) in [5, 5.41) is 21.7. The molecule has 1 aliphatic heterocycles. The molecule has 2 fully saturated rings. The Hall–Kier alpha value is -1.19. The molecule has 0 aromatic rings. The summed E-state index contributed by atoms with van der Waals surface area (Å²) in [5.41, 5.74) is 6.03. The quantitative estimate of drug-likeness (QED) is 0.435.